The molecule has 1 heterocycles. The van der Waals surface area contributed by atoms with Crippen molar-refractivity contribution in [1.82, 2.24) is 0 Å². The van der Waals surface area contributed by atoms with E-state index in [-0.39, 0.29) is 11.8 Å². The van der Waals surface area contributed by atoms with Crippen LogP contribution in [-0.2, 0) is 9.59 Å². The van der Waals surface area contributed by atoms with Crippen LogP contribution in [0.15, 0.2) is 47.4 Å². The number of carbonyl (C=O) groups excluding carboxylic acids is 2. The summed E-state index contributed by atoms with van der Waals surface area (Å²) >= 11 is 1.44. The first-order valence-electron chi connectivity index (χ1n) is 9.28. The van der Waals surface area contributed by atoms with Crippen LogP contribution in [0.1, 0.15) is 48.9 Å². The van der Waals surface area contributed by atoms with E-state index in [0.29, 0.717) is 22.1 Å². The predicted octanol–water partition coefficient (Wildman–Crippen LogP) is 5.46. The lowest BCUT2D eigenvalue weighted by Gasteiger charge is -2.16. The molecule has 0 N–H and O–H groups in total. The second kappa shape index (κ2) is 7.73. The number of imide groups is 1. The standard InChI is InChI=1S/C23H25NO2S/c1-6-27-21-20(18-8-7-15(4)16(5)13-18)22(25)24(23(21)26)19-11-9-17(10-12-19)14(2)3/h7-14H,6H2,1-5H3. The monoisotopic (exact) mass is 379 g/mol. The molecule has 2 aromatic carbocycles. The van der Waals surface area contributed by atoms with Crippen molar-refractivity contribution < 1.29 is 9.59 Å². The summed E-state index contributed by atoms with van der Waals surface area (Å²) in [5, 5.41) is 0. The number of amides is 2. The highest BCUT2D eigenvalue weighted by atomic mass is 32.2. The lowest BCUT2D eigenvalue weighted by atomic mass is 10.0. The zero-order valence-electron chi connectivity index (χ0n) is 16.5. The van der Waals surface area contributed by atoms with Gasteiger partial charge in [0.2, 0.25) is 0 Å². The minimum absolute atomic E-state index is 0.225. The fraction of sp³-hybridized carbons (Fsp3) is 0.304. The molecule has 1 aliphatic rings. The van der Waals surface area contributed by atoms with Gasteiger partial charge in [0.05, 0.1) is 16.2 Å². The minimum Gasteiger partial charge on any atom is -0.268 e. The van der Waals surface area contributed by atoms with Gasteiger partial charge in [-0.15, -0.1) is 11.8 Å². The Morgan fingerprint density at radius 2 is 1.59 bits per heavy atom. The summed E-state index contributed by atoms with van der Waals surface area (Å²) in [6.45, 7) is 10.3. The predicted molar refractivity (Wildman–Crippen MR) is 114 cm³/mol. The molecule has 2 amide bonds. The molecule has 0 saturated heterocycles. The van der Waals surface area contributed by atoms with E-state index in [1.165, 1.54) is 27.8 Å². The molecule has 140 valence electrons. The molecule has 0 radical (unpaired) electrons. The molecule has 4 heteroatoms. The van der Waals surface area contributed by atoms with Crippen LogP contribution >= 0.6 is 11.8 Å². The van der Waals surface area contributed by atoms with Gasteiger partial charge in [0.15, 0.2) is 0 Å². The van der Waals surface area contributed by atoms with Gasteiger partial charge in [-0.1, -0.05) is 51.1 Å². The first-order valence-corrected chi connectivity index (χ1v) is 10.3. The van der Waals surface area contributed by atoms with E-state index in [1.54, 1.807) is 0 Å². The Morgan fingerprint density at radius 1 is 0.926 bits per heavy atom. The van der Waals surface area contributed by atoms with Gasteiger partial charge in [0.25, 0.3) is 11.8 Å². The molecular formula is C23H25NO2S. The van der Waals surface area contributed by atoms with Crippen LogP contribution < -0.4 is 4.90 Å². The lowest BCUT2D eigenvalue weighted by molar-refractivity contribution is -0.119. The summed E-state index contributed by atoms with van der Waals surface area (Å²) in [6, 6.07) is 13.6. The number of rotatable bonds is 5. The summed E-state index contributed by atoms with van der Waals surface area (Å²) in [4.78, 5) is 28.2. The highest BCUT2D eigenvalue weighted by molar-refractivity contribution is 8.04. The second-order valence-electron chi connectivity index (χ2n) is 7.13. The van der Waals surface area contributed by atoms with Crippen molar-refractivity contribution in [2.45, 2.75) is 40.5 Å². The number of nitrogens with zero attached hydrogens (tertiary/aromatic N) is 1. The van der Waals surface area contributed by atoms with E-state index in [9.17, 15) is 9.59 Å². The highest BCUT2D eigenvalue weighted by Gasteiger charge is 2.40. The summed E-state index contributed by atoms with van der Waals surface area (Å²) in [7, 11) is 0. The molecule has 0 atom stereocenters. The van der Waals surface area contributed by atoms with Crippen molar-refractivity contribution in [3.63, 3.8) is 0 Å². The normalized spacial score (nSPS) is 14.7. The summed E-state index contributed by atoms with van der Waals surface area (Å²) in [5.74, 6) is 0.677. The van der Waals surface area contributed by atoms with Gasteiger partial charge in [-0.25, -0.2) is 4.90 Å². The van der Waals surface area contributed by atoms with Crippen LogP contribution in [0.4, 0.5) is 5.69 Å². The van der Waals surface area contributed by atoms with Crippen molar-refractivity contribution in [2.75, 3.05) is 10.7 Å². The fourth-order valence-corrected chi connectivity index (χ4v) is 4.04. The quantitative estimate of drug-likeness (QED) is 0.647. The van der Waals surface area contributed by atoms with Gasteiger partial charge < -0.3 is 0 Å². The van der Waals surface area contributed by atoms with E-state index in [4.69, 9.17) is 0 Å². The van der Waals surface area contributed by atoms with Gasteiger partial charge >= 0.3 is 0 Å². The van der Waals surface area contributed by atoms with Crippen LogP contribution in [0.5, 0.6) is 0 Å². The van der Waals surface area contributed by atoms with Gasteiger partial charge in [-0.3, -0.25) is 9.59 Å². The summed E-state index contributed by atoms with van der Waals surface area (Å²) in [6.07, 6.45) is 0. The van der Waals surface area contributed by atoms with Gasteiger partial charge in [-0.2, -0.15) is 0 Å². The fourth-order valence-electron chi connectivity index (χ4n) is 3.18. The Labute approximate surface area is 165 Å². The third-order valence-corrected chi connectivity index (χ3v) is 5.90. The molecule has 0 bridgehead atoms. The molecule has 0 aromatic heterocycles. The van der Waals surface area contributed by atoms with Crippen LogP contribution in [0.25, 0.3) is 5.57 Å². The van der Waals surface area contributed by atoms with Gasteiger partial charge in [-0.05, 0) is 59.9 Å². The Bertz CT molecular complexity index is 926. The maximum absolute atomic E-state index is 13.3. The Morgan fingerprint density at radius 3 is 2.15 bits per heavy atom. The number of carbonyl (C=O) groups is 2. The molecule has 2 aromatic rings. The highest BCUT2D eigenvalue weighted by Crippen LogP contribution is 2.38. The van der Waals surface area contributed by atoms with E-state index in [0.717, 1.165) is 16.9 Å². The molecule has 3 rings (SSSR count). The number of hydrogen-bond acceptors (Lipinski definition) is 3. The van der Waals surface area contributed by atoms with Crippen LogP contribution in [-0.4, -0.2) is 17.6 Å². The number of hydrogen-bond donors (Lipinski definition) is 0. The van der Waals surface area contributed by atoms with Crippen molar-refractivity contribution in [2.24, 2.45) is 0 Å². The number of anilines is 1. The molecular weight excluding hydrogens is 354 g/mol. The minimum atomic E-state index is -0.239. The number of benzene rings is 2. The lowest BCUT2D eigenvalue weighted by Crippen LogP contribution is -2.31. The first-order chi connectivity index (χ1) is 12.8. The summed E-state index contributed by atoms with van der Waals surface area (Å²) in [5.41, 5.74) is 5.42. The van der Waals surface area contributed by atoms with E-state index < -0.39 is 0 Å². The Balaban J connectivity index is 2.05. The first kappa shape index (κ1) is 19.4. The molecule has 0 aliphatic carbocycles. The third-order valence-electron chi connectivity index (χ3n) is 4.94. The van der Waals surface area contributed by atoms with E-state index in [1.807, 2.05) is 63.2 Å². The molecule has 1 aliphatic heterocycles. The zero-order valence-corrected chi connectivity index (χ0v) is 17.3. The third kappa shape index (κ3) is 3.59. The van der Waals surface area contributed by atoms with Crippen molar-refractivity contribution in [3.8, 4) is 0 Å². The molecule has 0 fully saturated rings. The van der Waals surface area contributed by atoms with Crippen molar-refractivity contribution in [3.05, 3.63) is 69.6 Å². The average molecular weight is 380 g/mol. The number of aryl methyl sites for hydroxylation is 2. The second-order valence-corrected chi connectivity index (χ2v) is 8.40. The maximum Gasteiger partial charge on any atom is 0.272 e. The summed E-state index contributed by atoms with van der Waals surface area (Å²) < 4.78 is 0. The smallest absolute Gasteiger partial charge is 0.268 e. The van der Waals surface area contributed by atoms with Crippen LogP contribution in [0, 0.1) is 13.8 Å². The average Bonchev–Trinajstić information content (AvgIpc) is 2.88. The van der Waals surface area contributed by atoms with Gasteiger partial charge in [0.1, 0.15) is 0 Å². The molecule has 0 saturated carbocycles. The SMILES string of the molecule is CCSC1=C(c2ccc(C)c(C)c2)C(=O)N(c2ccc(C(C)C)cc2)C1=O. The van der Waals surface area contributed by atoms with E-state index in [2.05, 4.69) is 13.8 Å². The Hall–Kier alpha value is -2.33. The molecule has 3 nitrogen and oxygen atoms in total. The largest absolute Gasteiger partial charge is 0.272 e. The van der Waals surface area contributed by atoms with Crippen LogP contribution in [0.3, 0.4) is 0 Å². The topological polar surface area (TPSA) is 37.4 Å². The number of thioether (sulfide) groups is 1. The molecule has 0 spiro atoms. The maximum atomic E-state index is 13.3. The molecule has 0 unspecified atom stereocenters. The van der Waals surface area contributed by atoms with Crippen molar-refractivity contribution in [1.29, 1.82) is 0 Å². The Kier molecular flexibility index (Phi) is 5.56. The zero-order chi connectivity index (χ0) is 19.7. The molecule has 27 heavy (non-hydrogen) atoms. The van der Waals surface area contributed by atoms with Crippen molar-refractivity contribution >= 4 is 34.8 Å². The van der Waals surface area contributed by atoms with E-state index >= 15 is 0 Å². The van der Waals surface area contributed by atoms with Crippen LogP contribution in [0.2, 0.25) is 0 Å². The van der Waals surface area contributed by atoms with Gasteiger partial charge in [0, 0.05) is 0 Å².